The molecule has 1 amide bonds. The zero-order valence-corrected chi connectivity index (χ0v) is 15.1. The summed E-state index contributed by atoms with van der Waals surface area (Å²) in [6, 6.07) is 7.40. The van der Waals surface area contributed by atoms with Crippen LogP contribution in [0.2, 0.25) is 0 Å². The molecule has 0 saturated carbocycles. The first-order chi connectivity index (χ1) is 12.7. The standard InChI is InChI=1S/C18H25N3O5/c1-24-16-4-3-14(11-17(16)25-2)5-6-21-18(23)15(12-19)13-20-7-9-26-10-8-22/h3-4,11,13,20,22H,5-10H2,1-2H3,(H,21,23)/b15-13-. The lowest BCUT2D eigenvalue weighted by Gasteiger charge is -2.10. The maximum Gasteiger partial charge on any atom is 0.263 e. The highest BCUT2D eigenvalue weighted by Crippen LogP contribution is 2.27. The Balaban J connectivity index is 2.43. The molecule has 1 rings (SSSR count). The van der Waals surface area contributed by atoms with Gasteiger partial charge in [-0.15, -0.1) is 0 Å². The number of carbonyl (C=O) groups excluding carboxylic acids is 1. The van der Waals surface area contributed by atoms with E-state index < -0.39 is 5.91 Å². The lowest BCUT2D eigenvalue weighted by molar-refractivity contribution is -0.117. The lowest BCUT2D eigenvalue weighted by Crippen LogP contribution is -2.28. The van der Waals surface area contributed by atoms with Crippen molar-refractivity contribution in [3.63, 3.8) is 0 Å². The van der Waals surface area contributed by atoms with E-state index in [1.165, 1.54) is 6.20 Å². The van der Waals surface area contributed by atoms with E-state index in [9.17, 15) is 4.79 Å². The monoisotopic (exact) mass is 363 g/mol. The van der Waals surface area contributed by atoms with Crippen molar-refractivity contribution in [3.8, 4) is 17.6 Å². The van der Waals surface area contributed by atoms with E-state index in [2.05, 4.69) is 10.6 Å². The van der Waals surface area contributed by atoms with Crippen LogP contribution in [0, 0.1) is 11.3 Å². The van der Waals surface area contributed by atoms with E-state index in [4.69, 9.17) is 24.6 Å². The average Bonchev–Trinajstić information content (AvgIpc) is 2.67. The molecule has 0 aliphatic heterocycles. The molecule has 0 aliphatic rings. The number of nitrogens with one attached hydrogen (secondary N) is 2. The van der Waals surface area contributed by atoms with E-state index in [1.54, 1.807) is 20.3 Å². The summed E-state index contributed by atoms with van der Waals surface area (Å²) >= 11 is 0. The number of methoxy groups -OCH3 is 2. The topological polar surface area (TPSA) is 113 Å². The van der Waals surface area contributed by atoms with E-state index in [0.29, 0.717) is 37.6 Å². The second kappa shape index (κ2) is 12.6. The van der Waals surface area contributed by atoms with Crippen molar-refractivity contribution >= 4 is 5.91 Å². The molecule has 0 fully saturated rings. The molecule has 1 aromatic carbocycles. The van der Waals surface area contributed by atoms with E-state index >= 15 is 0 Å². The van der Waals surface area contributed by atoms with Crippen molar-refractivity contribution in [2.45, 2.75) is 6.42 Å². The average molecular weight is 363 g/mol. The number of aliphatic hydroxyl groups excluding tert-OH is 1. The fraction of sp³-hybridized carbons (Fsp3) is 0.444. The molecule has 142 valence electrons. The van der Waals surface area contributed by atoms with Gasteiger partial charge in [0.05, 0.1) is 34.0 Å². The number of hydrogen-bond acceptors (Lipinski definition) is 7. The minimum absolute atomic E-state index is 0.0144. The van der Waals surface area contributed by atoms with Crippen LogP contribution >= 0.6 is 0 Å². The van der Waals surface area contributed by atoms with Crippen LogP contribution in [0.15, 0.2) is 30.0 Å². The van der Waals surface area contributed by atoms with Crippen LogP contribution in [-0.2, 0) is 16.0 Å². The highest BCUT2D eigenvalue weighted by molar-refractivity contribution is 5.97. The molecular weight excluding hydrogens is 338 g/mol. The molecule has 0 unspecified atom stereocenters. The van der Waals surface area contributed by atoms with E-state index in [1.807, 2.05) is 18.2 Å². The SMILES string of the molecule is COc1ccc(CCNC(=O)/C(C#N)=C\NCCOCCO)cc1OC. The van der Waals surface area contributed by atoms with Crippen LogP contribution in [0.5, 0.6) is 11.5 Å². The Kier molecular flexibility index (Phi) is 10.3. The molecule has 0 bridgehead atoms. The molecule has 1 aromatic rings. The Labute approximate surface area is 153 Å². The number of carbonyl (C=O) groups is 1. The number of nitriles is 1. The molecule has 3 N–H and O–H groups in total. The number of hydrogen-bond donors (Lipinski definition) is 3. The molecule has 0 radical (unpaired) electrons. The lowest BCUT2D eigenvalue weighted by atomic mass is 10.1. The predicted molar refractivity (Wildman–Crippen MR) is 95.9 cm³/mol. The van der Waals surface area contributed by atoms with Gasteiger partial charge >= 0.3 is 0 Å². The highest BCUT2D eigenvalue weighted by atomic mass is 16.5. The summed E-state index contributed by atoms with van der Waals surface area (Å²) in [7, 11) is 3.13. The fourth-order valence-corrected chi connectivity index (χ4v) is 2.07. The maximum absolute atomic E-state index is 12.0. The van der Waals surface area contributed by atoms with Gasteiger partial charge < -0.3 is 30.0 Å². The predicted octanol–water partition coefficient (Wildman–Crippen LogP) is 0.368. The van der Waals surface area contributed by atoms with Crippen molar-refractivity contribution in [1.29, 1.82) is 5.26 Å². The first-order valence-corrected chi connectivity index (χ1v) is 8.17. The van der Waals surface area contributed by atoms with Crippen molar-refractivity contribution in [1.82, 2.24) is 10.6 Å². The summed E-state index contributed by atoms with van der Waals surface area (Å²) in [6.45, 7) is 1.41. The number of aliphatic hydroxyl groups is 1. The second-order valence-electron chi connectivity index (χ2n) is 5.16. The van der Waals surface area contributed by atoms with Crippen LogP contribution in [0.1, 0.15) is 5.56 Å². The first kappa shape index (κ1) is 21.3. The van der Waals surface area contributed by atoms with Gasteiger partial charge in [-0.25, -0.2) is 0 Å². The number of amides is 1. The number of ether oxygens (including phenoxy) is 3. The van der Waals surface area contributed by atoms with Crippen LogP contribution in [0.3, 0.4) is 0 Å². The van der Waals surface area contributed by atoms with Gasteiger partial charge in [0, 0.05) is 19.3 Å². The molecule has 26 heavy (non-hydrogen) atoms. The zero-order chi connectivity index (χ0) is 19.2. The normalized spacial score (nSPS) is 10.8. The zero-order valence-electron chi connectivity index (χ0n) is 15.1. The Morgan fingerprint density at radius 1 is 1.23 bits per heavy atom. The third-order valence-corrected chi connectivity index (χ3v) is 3.39. The number of rotatable bonds is 12. The second-order valence-corrected chi connectivity index (χ2v) is 5.16. The molecular formula is C18H25N3O5. The number of benzene rings is 1. The summed E-state index contributed by atoms with van der Waals surface area (Å²) < 4.78 is 15.5. The molecule has 0 aliphatic carbocycles. The van der Waals surface area contributed by atoms with Crippen LogP contribution < -0.4 is 20.1 Å². The minimum atomic E-state index is -0.447. The third-order valence-electron chi connectivity index (χ3n) is 3.39. The van der Waals surface area contributed by atoms with Crippen molar-refractivity contribution < 1.29 is 24.1 Å². The Morgan fingerprint density at radius 2 is 2.00 bits per heavy atom. The van der Waals surface area contributed by atoms with Crippen LogP contribution in [0.4, 0.5) is 0 Å². The van der Waals surface area contributed by atoms with Crippen LogP contribution in [-0.4, -0.2) is 58.1 Å². The van der Waals surface area contributed by atoms with Gasteiger partial charge in [0.15, 0.2) is 11.5 Å². The van der Waals surface area contributed by atoms with Gasteiger partial charge in [0.2, 0.25) is 0 Å². The van der Waals surface area contributed by atoms with Crippen molar-refractivity contribution in [2.24, 2.45) is 0 Å². The quantitative estimate of drug-likeness (QED) is 0.279. The largest absolute Gasteiger partial charge is 0.493 e. The van der Waals surface area contributed by atoms with Gasteiger partial charge in [0.25, 0.3) is 5.91 Å². The Morgan fingerprint density at radius 3 is 2.65 bits per heavy atom. The Bertz CT molecular complexity index is 640. The summed E-state index contributed by atoms with van der Waals surface area (Å²) in [5, 5.41) is 23.2. The molecule has 8 nitrogen and oxygen atoms in total. The van der Waals surface area contributed by atoms with Crippen molar-refractivity contribution in [3.05, 3.63) is 35.5 Å². The number of nitrogens with zero attached hydrogens (tertiary/aromatic N) is 1. The smallest absolute Gasteiger partial charge is 0.263 e. The van der Waals surface area contributed by atoms with Crippen LogP contribution in [0.25, 0.3) is 0 Å². The van der Waals surface area contributed by atoms with Gasteiger partial charge in [-0.2, -0.15) is 5.26 Å². The molecule has 0 atom stereocenters. The fourth-order valence-electron chi connectivity index (χ4n) is 2.07. The molecule has 0 heterocycles. The summed E-state index contributed by atoms with van der Waals surface area (Å²) in [5.74, 6) is 0.822. The summed E-state index contributed by atoms with van der Waals surface area (Å²) in [4.78, 5) is 12.0. The first-order valence-electron chi connectivity index (χ1n) is 8.17. The molecule has 0 saturated heterocycles. The highest BCUT2D eigenvalue weighted by Gasteiger charge is 2.09. The molecule has 0 aromatic heterocycles. The van der Waals surface area contributed by atoms with Gasteiger partial charge in [0.1, 0.15) is 11.6 Å². The molecule has 8 heteroatoms. The minimum Gasteiger partial charge on any atom is -0.493 e. The Hall–Kier alpha value is -2.76. The summed E-state index contributed by atoms with van der Waals surface area (Å²) in [6.07, 6.45) is 1.95. The van der Waals surface area contributed by atoms with E-state index in [-0.39, 0.29) is 18.8 Å². The molecule has 0 spiro atoms. The van der Waals surface area contributed by atoms with E-state index in [0.717, 1.165) is 5.56 Å². The van der Waals surface area contributed by atoms with Gasteiger partial charge in [-0.3, -0.25) is 4.79 Å². The van der Waals surface area contributed by atoms with Crippen molar-refractivity contribution in [2.75, 3.05) is 47.1 Å². The van der Waals surface area contributed by atoms with Gasteiger partial charge in [-0.05, 0) is 24.1 Å². The third kappa shape index (κ3) is 7.42. The summed E-state index contributed by atoms with van der Waals surface area (Å²) in [5.41, 5.74) is 0.962. The maximum atomic E-state index is 12.0. The van der Waals surface area contributed by atoms with Gasteiger partial charge in [-0.1, -0.05) is 6.07 Å².